The van der Waals surface area contributed by atoms with Crippen LogP contribution in [-0.2, 0) is 11.3 Å². The van der Waals surface area contributed by atoms with Gasteiger partial charge in [-0.3, -0.25) is 4.99 Å². The van der Waals surface area contributed by atoms with Gasteiger partial charge in [-0.1, -0.05) is 43.3 Å². The van der Waals surface area contributed by atoms with Crippen molar-refractivity contribution in [2.75, 3.05) is 26.7 Å². The first-order valence-electron chi connectivity index (χ1n) is 8.89. The summed E-state index contributed by atoms with van der Waals surface area (Å²) >= 11 is 1.80. The third kappa shape index (κ3) is 7.71. The number of guanidine groups is 1. The second-order valence-electron chi connectivity index (χ2n) is 6.04. The van der Waals surface area contributed by atoms with E-state index < -0.39 is 0 Å². The molecular formula is C20H29N3OS. The molecule has 0 radical (unpaired) electrons. The van der Waals surface area contributed by atoms with Gasteiger partial charge in [-0.25, -0.2) is 0 Å². The molecule has 136 valence electrons. The monoisotopic (exact) mass is 359 g/mol. The zero-order valence-corrected chi connectivity index (χ0v) is 16.0. The quantitative estimate of drug-likeness (QED) is 0.383. The van der Waals surface area contributed by atoms with E-state index in [2.05, 4.69) is 52.2 Å². The zero-order valence-electron chi connectivity index (χ0n) is 15.2. The standard InChI is InChI=1S/C20H29N3OS/c1-17(19-11-8-14-25-19)15-23-20(21-2)22-12-6-7-13-24-16-18-9-4-3-5-10-18/h3-5,8-11,14,17H,6-7,12-13,15-16H2,1-2H3,(H2,21,22,23). The summed E-state index contributed by atoms with van der Waals surface area (Å²) in [6, 6.07) is 14.6. The number of thiophene rings is 1. The highest BCUT2D eigenvalue weighted by Gasteiger charge is 2.07. The van der Waals surface area contributed by atoms with Crippen molar-refractivity contribution in [3.8, 4) is 0 Å². The van der Waals surface area contributed by atoms with E-state index in [-0.39, 0.29) is 0 Å². The van der Waals surface area contributed by atoms with Crippen LogP contribution in [0, 0.1) is 0 Å². The number of benzene rings is 1. The number of nitrogens with zero attached hydrogens (tertiary/aromatic N) is 1. The second kappa shape index (κ2) is 11.7. The molecule has 1 unspecified atom stereocenters. The lowest BCUT2D eigenvalue weighted by Gasteiger charge is -2.15. The van der Waals surface area contributed by atoms with E-state index in [1.54, 1.807) is 11.3 Å². The Labute approximate surface area is 155 Å². The molecule has 0 saturated heterocycles. The lowest BCUT2D eigenvalue weighted by molar-refractivity contribution is 0.117. The van der Waals surface area contributed by atoms with Gasteiger partial charge in [0, 0.05) is 37.5 Å². The number of ether oxygens (including phenoxy) is 1. The molecule has 1 aromatic carbocycles. The lowest BCUT2D eigenvalue weighted by atomic mass is 10.1. The maximum atomic E-state index is 5.70. The van der Waals surface area contributed by atoms with Crippen molar-refractivity contribution in [3.05, 3.63) is 58.3 Å². The Morgan fingerprint density at radius 3 is 2.68 bits per heavy atom. The van der Waals surface area contributed by atoms with Crippen molar-refractivity contribution >= 4 is 17.3 Å². The minimum Gasteiger partial charge on any atom is -0.377 e. The molecule has 1 aromatic heterocycles. The minimum atomic E-state index is 0.491. The van der Waals surface area contributed by atoms with Crippen LogP contribution in [0.4, 0.5) is 0 Å². The van der Waals surface area contributed by atoms with Crippen LogP contribution in [-0.4, -0.2) is 32.7 Å². The van der Waals surface area contributed by atoms with Crippen molar-refractivity contribution < 1.29 is 4.74 Å². The van der Waals surface area contributed by atoms with Crippen LogP contribution in [0.1, 0.15) is 36.1 Å². The summed E-state index contributed by atoms with van der Waals surface area (Å²) in [6.07, 6.45) is 2.11. The number of hydrogen-bond donors (Lipinski definition) is 2. The van der Waals surface area contributed by atoms with Crippen LogP contribution in [0.25, 0.3) is 0 Å². The number of nitrogens with one attached hydrogen (secondary N) is 2. The molecule has 2 N–H and O–H groups in total. The van der Waals surface area contributed by atoms with E-state index in [1.807, 2.05) is 25.2 Å². The molecule has 0 aliphatic rings. The van der Waals surface area contributed by atoms with Gasteiger partial charge in [-0.2, -0.15) is 0 Å². The summed E-state index contributed by atoms with van der Waals surface area (Å²) in [7, 11) is 1.81. The molecule has 0 aliphatic heterocycles. The van der Waals surface area contributed by atoms with Crippen molar-refractivity contribution in [2.45, 2.75) is 32.3 Å². The molecule has 1 atom stereocenters. The maximum absolute atomic E-state index is 5.70. The molecule has 0 fully saturated rings. The highest BCUT2D eigenvalue weighted by Crippen LogP contribution is 2.19. The summed E-state index contributed by atoms with van der Waals surface area (Å²) in [5.74, 6) is 1.36. The van der Waals surface area contributed by atoms with E-state index in [0.29, 0.717) is 12.5 Å². The van der Waals surface area contributed by atoms with Crippen molar-refractivity contribution in [2.24, 2.45) is 4.99 Å². The Hall–Kier alpha value is -1.85. The van der Waals surface area contributed by atoms with E-state index >= 15 is 0 Å². The van der Waals surface area contributed by atoms with E-state index in [4.69, 9.17) is 4.74 Å². The molecule has 5 heteroatoms. The van der Waals surface area contributed by atoms with E-state index in [1.165, 1.54) is 10.4 Å². The molecule has 0 bridgehead atoms. The normalized spacial score (nSPS) is 12.8. The average Bonchev–Trinajstić information content (AvgIpc) is 3.19. The van der Waals surface area contributed by atoms with Crippen molar-refractivity contribution in [1.82, 2.24) is 10.6 Å². The van der Waals surface area contributed by atoms with Gasteiger partial charge in [0.15, 0.2) is 5.96 Å². The van der Waals surface area contributed by atoms with Crippen molar-refractivity contribution in [3.63, 3.8) is 0 Å². The highest BCUT2D eigenvalue weighted by molar-refractivity contribution is 7.10. The molecule has 1 heterocycles. The first kappa shape index (κ1) is 19.5. The summed E-state index contributed by atoms with van der Waals surface area (Å²) in [5.41, 5.74) is 1.23. The first-order valence-corrected chi connectivity index (χ1v) is 9.77. The Kier molecular flexibility index (Phi) is 9.08. The number of unbranched alkanes of at least 4 members (excludes halogenated alkanes) is 1. The third-order valence-electron chi connectivity index (χ3n) is 3.95. The van der Waals surface area contributed by atoms with Gasteiger partial charge >= 0.3 is 0 Å². The Morgan fingerprint density at radius 2 is 1.96 bits per heavy atom. The number of aliphatic imine (C=N–C) groups is 1. The van der Waals surface area contributed by atoms with E-state index in [0.717, 1.165) is 38.5 Å². The molecular weight excluding hydrogens is 330 g/mol. The van der Waals surface area contributed by atoms with Crippen LogP contribution in [0.15, 0.2) is 52.8 Å². The third-order valence-corrected chi connectivity index (χ3v) is 5.05. The Balaban J connectivity index is 1.51. The van der Waals surface area contributed by atoms with Gasteiger partial charge in [0.2, 0.25) is 0 Å². The average molecular weight is 360 g/mol. The molecule has 0 aliphatic carbocycles. The molecule has 0 amide bonds. The van der Waals surface area contributed by atoms with Gasteiger partial charge < -0.3 is 15.4 Å². The highest BCUT2D eigenvalue weighted by atomic mass is 32.1. The molecule has 2 rings (SSSR count). The smallest absolute Gasteiger partial charge is 0.190 e. The van der Waals surface area contributed by atoms with Gasteiger partial charge in [-0.05, 0) is 29.9 Å². The number of hydrogen-bond acceptors (Lipinski definition) is 3. The summed E-state index contributed by atoms with van der Waals surface area (Å²) < 4.78 is 5.70. The van der Waals surface area contributed by atoms with Crippen LogP contribution in [0.3, 0.4) is 0 Å². The second-order valence-corrected chi connectivity index (χ2v) is 7.02. The summed E-state index contributed by atoms with van der Waals surface area (Å²) in [6.45, 7) is 5.51. The fraction of sp³-hybridized carbons (Fsp3) is 0.450. The van der Waals surface area contributed by atoms with E-state index in [9.17, 15) is 0 Å². The van der Waals surface area contributed by atoms with Gasteiger partial charge in [-0.15, -0.1) is 11.3 Å². The zero-order chi connectivity index (χ0) is 17.7. The molecule has 0 spiro atoms. The lowest BCUT2D eigenvalue weighted by Crippen LogP contribution is -2.39. The van der Waals surface area contributed by atoms with Gasteiger partial charge in [0.05, 0.1) is 6.61 Å². The molecule has 0 saturated carbocycles. The minimum absolute atomic E-state index is 0.491. The Morgan fingerprint density at radius 1 is 1.12 bits per heavy atom. The van der Waals surface area contributed by atoms with Crippen molar-refractivity contribution in [1.29, 1.82) is 0 Å². The fourth-order valence-corrected chi connectivity index (χ4v) is 3.23. The maximum Gasteiger partial charge on any atom is 0.190 e. The summed E-state index contributed by atoms with van der Waals surface area (Å²) in [4.78, 5) is 5.68. The molecule has 4 nitrogen and oxygen atoms in total. The van der Waals surface area contributed by atoms with Crippen LogP contribution in [0.2, 0.25) is 0 Å². The topological polar surface area (TPSA) is 45.7 Å². The van der Waals surface area contributed by atoms with Crippen LogP contribution < -0.4 is 10.6 Å². The largest absolute Gasteiger partial charge is 0.377 e. The van der Waals surface area contributed by atoms with Crippen LogP contribution >= 0.6 is 11.3 Å². The predicted molar refractivity (Wildman–Crippen MR) is 107 cm³/mol. The van der Waals surface area contributed by atoms with Gasteiger partial charge in [0.1, 0.15) is 0 Å². The number of rotatable bonds is 10. The SMILES string of the molecule is CN=C(NCCCCOCc1ccccc1)NCC(C)c1cccs1. The first-order chi connectivity index (χ1) is 12.3. The van der Waals surface area contributed by atoms with Crippen LogP contribution in [0.5, 0.6) is 0 Å². The Bertz CT molecular complexity index is 599. The fourth-order valence-electron chi connectivity index (χ4n) is 2.44. The molecule has 25 heavy (non-hydrogen) atoms. The summed E-state index contributed by atoms with van der Waals surface area (Å²) in [5, 5.41) is 8.88. The molecule has 2 aromatic rings. The van der Waals surface area contributed by atoms with Gasteiger partial charge in [0.25, 0.3) is 0 Å². The predicted octanol–water partition coefficient (Wildman–Crippen LogP) is 4.01.